The van der Waals surface area contributed by atoms with Crippen LogP contribution in [0.1, 0.15) is 46.2 Å². The molecule has 8 heteroatoms. The van der Waals surface area contributed by atoms with Gasteiger partial charge in [-0.25, -0.2) is 4.79 Å². The molecule has 0 saturated carbocycles. The Morgan fingerprint density at radius 2 is 1.90 bits per heavy atom. The lowest BCUT2D eigenvalue weighted by atomic mass is 10.1. The molecule has 0 aliphatic carbocycles. The number of unbranched alkanes of at least 4 members (excludes halogenated alkanes) is 1. The Hall–Kier alpha value is -3.00. The fourth-order valence-electron chi connectivity index (χ4n) is 3.05. The normalized spacial score (nSPS) is 15.8. The summed E-state index contributed by atoms with van der Waals surface area (Å²) in [5.74, 6) is -2.07. The van der Waals surface area contributed by atoms with Crippen LogP contribution >= 0.6 is 11.3 Å². The number of carbonyl (C=O) groups excluding carboxylic acids is 4. The van der Waals surface area contributed by atoms with Crippen molar-refractivity contribution in [3.63, 3.8) is 0 Å². The molecule has 0 spiro atoms. The van der Waals surface area contributed by atoms with Crippen LogP contribution in [-0.2, 0) is 19.1 Å². The molecule has 1 aromatic heterocycles. The summed E-state index contributed by atoms with van der Waals surface area (Å²) in [6.45, 7) is 2.23. The summed E-state index contributed by atoms with van der Waals surface area (Å²) in [6.07, 6.45) is 1.77. The second kappa shape index (κ2) is 10.2. The molecule has 0 N–H and O–H groups in total. The van der Waals surface area contributed by atoms with Crippen molar-refractivity contribution in [2.24, 2.45) is 5.92 Å². The maximum atomic E-state index is 12.4. The van der Waals surface area contributed by atoms with E-state index in [1.807, 2.05) is 6.92 Å². The van der Waals surface area contributed by atoms with Gasteiger partial charge in [0, 0.05) is 18.7 Å². The van der Waals surface area contributed by atoms with Gasteiger partial charge in [-0.15, -0.1) is 11.3 Å². The Morgan fingerprint density at radius 3 is 2.57 bits per heavy atom. The molecular formula is C22H23NO6S. The van der Waals surface area contributed by atoms with Crippen molar-refractivity contribution < 1.29 is 28.7 Å². The van der Waals surface area contributed by atoms with Gasteiger partial charge in [0.15, 0.2) is 6.61 Å². The molecule has 1 aromatic carbocycles. The van der Waals surface area contributed by atoms with Crippen LogP contribution in [0.25, 0.3) is 0 Å². The summed E-state index contributed by atoms with van der Waals surface area (Å²) < 4.78 is 10.3. The van der Waals surface area contributed by atoms with Crippen LogP contribution in [0.3, 0.4) is 0 Å². The molecule has 1 fully saturated rings. The number of nitrogens with zero attached hydrogens (tertiary/aromatic N) is 1. The molecule has 1 atom stereocenters. The van der Waals surface area contributed by atoms with E-state index in [4.69, 9.17) is 9.47 Å². The summed E-state index contributed by atoms with van der Waals surface area (Å²) in [5, 5.41) is 1.78. The summed E-state index contributed by atoms with van der Waals surface area (Å²) in [7, 11) is 0. The van der Waals surface area contributed by atoms with E-state index in [9.17, 15) is 19.2 Å². The van der Waals surface area contributed by atoms with Crippen LogP contribution in [0.4, 0.5) is 5.69 Å². The standard InChI is InChI=1S/C22H23NO6S/c1-2-3-10-28-21(26)15-6-8-17(9-7-15)23-13-16(12-20(23)25)22(27)29-14-18(24)19-5-4-11-30-19/h4-9,11,16H,2-3,10,12-14H2,1H3/t16-/m0/s1. The summed E-state index contributed by atoms with van der Waals surface area (Å²) >= 11 is 1.29. The van der Waals surface area contributed by atoms with Crippen molar-refractivity contribution in [1.29, 1.82) is 0 Å². The summed E-state index contributed by atoms with van der Waals surface area (Å²) in [4.78, 5) is 50.6. The highest BCUT2D eigenvalue weighted by molar-refractivity contribution is 7.12. The Labute approximate surface area is 178 Å². The molecule has 2 heterocycles. The van der Waals surface area contributed by atoms with E-state index >= 15 is 0 Å². The third-order valence-corrected chi connectivity index (χ3v) is 5.66. The molecule has 0 unspecified atom stereocenters. The number of thiophene rings is 1. The number of ether oxygens (including phenoxy) is 2. The minimum atomic E-state index is -0.632. The molecule has 0 radical (unpaired) electrons. The smallest absolute Gasteiger partial charge is 0.338 e. The van der Waals surface area contributed by atoms with E-state index < -0.39 is 17.9 Å². The van der Waals surface area contributed by atoms with Crippen molar-refractivity contribution in [2.45, 2.75) is 26.2 Å². The molecule has 7 nitrogen and oxygen atoms in total. The molecule has 0 bridgehead atoms. The first kappa shape index (κ1) is 21.7. The highest BCUT2D eigenvalue weighted by Crippen LogP contribution is 2.26. The number of carbonyl (C=O) groups is 4. The molecule has 1 amide bonds. The highest BCUT2D eigenvalue weighted by atomic mass is 32.1. The molecule has 1 aliphatic rings. The van der Waals surface area contributed by atoms with Crippen LogP contribution in [0, 0.1) is 5.92 Å². The maximum absolute atomic E-state index is 12.4. The second-order valence-corrected chi connectivity index (χ2v) is 7.90. The third kappa shape index (κ3) is 5.33. The SMILES string of the molecule is CCCCOC(=O)c1ccc(N2C[C@@H](C(=O)OCC(=O)c3cccs3)CC2=O)cc1. The van der Waals surface area contributed by atoms with Gasteiger partial charge in [0.05, 0.1) is 23.0 Å². The predicted molar refractivity (Wildman–Crippen MR) is 112 cm³/mol. The fourth-order valence-corrected chi connectivity index (χ4v) is 3.70. The lowest BCUT2D eigenvalue weighted by Gasteiger charge is -2.17. The van der Waals surface area contributed by atoms with Crippen molar-refractivity contribution in [3.8, 4) is 0 Å². The first-order valence-corrected chi connectivity index (χ1v) is 10.7. The first-order chi connectivity index (χ1) is 14.5. The van der Waals surface area contributed by atoms with Crippen molar-refractivity contribution in [3.05, 3.63) is 52.2 Å². The van der Waals surface area contributed by atoms with Gasteiger partial charge < -0.3 is 14.4 Å². The molecular weight excluding hydrogens is 406 g/mol. The van der Waals surface area contributed by atoms with Gasteiger partial charge in [-0.05, 0) is 42.1 Å². The van der Waals surface area contributed by atoms with E-state index in [-0.39, 0.29) is 31.3 Å². The Balaban J connectivity index is 1.54. The van der Waals surface area contributed by atoms with Gasteiger partial charge in [0.1, 0.15) is 0 Å². The average Bonchev–Trinajstić information content (AvgIpc) is 3.42. The summed E-state index contributed by atoms with van der Waals surface area (Å²) in [6, 6.07) is 9.93. The topological polar surface area (TPSA) is 90.0 Å². The van der Waals surface area contributed by atoms with E-state index in [0.717, 1.165) is 12.8 Å². The van der Waals surface area contributed by atoms with E-state index in [1.54, 1.807) is 41.8 Å². The maximum Gasteiger partial charge on any atom is 0.338 e. The first-order valence-electron chi connectivity index (χ1n) is 9.80. The Kier molecular flexibility index (Phi) is 7.35. The number of ketones is 1. The number of amides is 1. The number of Topliss-reactive ketones (excluding diaryl/α,β-unsaturated/α-hetero) is 1. The van der Waals surface area contributed by atoms with Crippen LogP contribution < -0.4 is 4.90 Å². The van der Waals surface area contributed by atoms with Gasteiger partial charge in [0.25, 0.3) is 0 Å². The number of hydrogen-bond acceptors (Lipinski definition) is 7. The van der Waals surface area contributed by atoms with E-state index in [0.29, 0.717) is 22.7 Å². The van der Waals surface area contributed by atoms with E-state index in [2.05, 4.69) is 0 Å². The Bertz CT molecular complexity index is 906. The largest absolute Gasteiger partial charge is 0.462 e. The van der Waals surface area contributed by atoms with Gasteiger partial charge in [0.2, 0.25) is 11.7 Å². The number of anilines is 1. The highest BCUT2D eigenvalue weighted by Gasteiger charge is 2.36. The van der Waals surface area contributed by atoms with Gasteiger partial charge >= 0.3 is 11.9 Å². The molecule has 1 saturated heterocycles. The van der Waals surface area contributed by atoms with Gasteiger partial charge in [-0.3, -0.25) is 14.4 Å². The quantitative estimate of drug-likeness (QED) is 0.344. The molecule has 3 rings (SSSR count). The molecule has 2 aromatic rings. The second-order valence-electron chi connectivity index (χ2n) is 6.95. The van der Waals surface area contributed by atoms with Crippen LogP contribution in [0.15, 0.2) is 41.8 Å². The van der Waals surface area contributed by atoms with Crippen LogP contribution in [0.2, 0.25) is 0 Å². The minimum Gasteiger partial charge on any atom is -0.462 e. The van der Waals surface area contributed by atoms with Crippen molar-refractivity contribution >= 4 is 40.7 Å². The minimum absolute atomic E-state index is 0.0207. The Morgan fingerprint density at radius 1 is 1.13 bits per heavy atom. The van der Waals surface area contributed by atoms with Crippen molar-refractivity contribution in [1.82, 2.24) is 0 Å². The molecule has 1 aliphatic heterocycles. The number of rotatable bonds is 9. The summed E-state index contributed by atoms with van der Waals surface area (Å²) in [5.41, 5.74) is 1.000. The lowest BCUT2D eigenvalue weighted by Crippen LogP contribution is -2.27. The van der Waals surface area contributed by atoms with Crippen LogP contribution in [0.5, 0.6) is 0 Å². The number of hydrogen-bond donors (Lipinski definition) is 0. The third-order valence-electron chi connectivity index (χ3n) is 4.75. The predicted octanol–water partition coefficient (Wildman–Crippen LogP) is 3.48. The lowest BCUT2D eigenvalue weighted by molar-refractivity contribution is -0.147. The number of esters is 2. The fraction of sp³-hybridized carbons (Fsp3) is 0.364. The number of benzene rings is 1. The average molecular weight is 429 g/mol. The zero-order valence-corrected chi connectivity index (χ0v) is 17.5. The zero-order chi connectivity index (χ0) is 21.5. The molecule has 158 valence electrons. The van der Waals surface area contributed by atoms with Crippen LogP contribution in [-0.4, -0.2) is 43.4 Å². The van der Waals surface area contributed by atoms with Crippen molar-refractivity contribution in [2.75, 3.05) is 24.7 Å². The monoisotopic (exact) mass is 429 g/mol. The van der Waals surface area contributed by atoms with E-state index in [1.165, 1.54) is 16.2 Å². The molecule has 30 heavy (non-hydrogen) atoms. The zero-order valence-electron chi connectivity index (χ0n) is 16.7. The van der Waals surface area contributed by atoms with Gasteiger partial charge in [-0.1, -0.05) is 19.4 Å². The van der Waals surface area contributed by atoms with Gasteiger partial charge in [-0.2, -0.15) is 0 Å².